The van der Waals surface area contributed by atoms with E-state index in [1.54, 1.807) is 18.2 Å². The molecular formula is C18H28ClNO3. The van der Waals surface area contributed by atoms with Crippen LogP contribution in [0.2, 0.25) is 5.02 Å². The maximum atomic E-state index is 12.6. The van der Waals surface area contributed by atoms with Gasteiger partial charge in [0.25, 0.3) is 5.91 Å². The highest BCUT2D eigenvalue weighted by Crippen LogP contribution is 2.29. The Labute approximate surface area is 144 Å². The maximum Gasteiger partial charge on any atom is 0.256 e. The number of carbonyl (C=O) groups is 1. The van der Waals surface area contributed by atoms with Crippen molar-refractivity contribution in [1.29, 1.82) is 0 Å². The van der Waals surface area contributed by atoms with E-state index >= 15 is 0 Å². The van der Waals surface area contributed by atoms with Crippen LogP contribution in [-0.4, -0.2) is 24.7 Å². The Hall–Kier alpha value is -1.26. The Balaban J connectivity index is 2.79. The number of nitrogens with one attached hydrogen (secondary N) is 1. The molecule has 0 heterocycles. The molecular weight excluding hydrogens is 314 g/mol. The van der Waals surface area contributed by atoms with Gasteiger partial charge in [-0.3, -0.25) is 4.79 Å². The zero-order valence-electron chi connectivity index (χ0n) is 14.6. The molecule has 4 nitrogen and oxygen atoms in total. The molecule has 1 amide bonds. The molecule has 130 valence electrons. The molecule has 1 aromatic rings. The van der Waals surface area contributed by atoms with Crippen molar-refractivity contribution in [2.24, 2.45) is 0 Å². The van der Waals surface area contributed by atoms with Crippen molar-refractivity contribution in [3.05, 3.63) is 23.2 Å². The monoisotopic (exact) mass is 341 g/mol. The van der Waals surface area contributed by atoms with Crippen molar-refractivity contribution in [3.63, 3.8) is 0 Å². The third kappa shape index (κ3) is 6.04. The minimum absolute atomic E-state index is 0.147. The van der Waals surface area contributed by atoms with Gasteiger partial charge in [0, 0.05) is 12.3 Å². The normalized spacial score (nSPS) is 13.4. The highest BCUT2D eigenvalue weighted by molar-refractivity contribution is 6.32. The molecule has 0 bridgehead atoms. The van der Waals surface area contributed by atoms with Gasteiger partial charge in [0.1, 0.15) is 11.4 Å². The largest absolute Gasteiger partial charge is 0.492 e. The summed E-state index contributed by atoms with van der Waals surface area (Å²) in [6.07, 6.45) is 3.34. The number of amides is 1. The molecule has 0 saturated carbocycles. The first-order valence-electron chi connectivity index (χ1n) is 8.34. The third-order valence-corrected chi connectivity index (χ3v) is 3.78. The highest BCUT2D eigenvalue weighted by atomic mass is 35.5. The average molecular weight is 342 g/mol. The van der Waals surface area contributed by atoms with Gasteiger partial charge in [-0.25, -0.2) is 0 Å². The van der Waals surface area contributed by atoms with Gasteiger partial charge in [0.2, 0.25) is 0 Å². The summed E-state index contributed by atoms with van der Waals surface area (Å²) in [4.78, 5) is 12.6. The molecule has 0 unspecified atom stereocenters. The first-order chi connectivity index (χ1) is 11.0. The number of ether oxygens (including phenoxy) is 2. The van der Waals surface area contributed by atoms with Crippen molar-refractivity contribution in [1.82, 2.24) is 0 Å². The Kier molecular flexibility index (Phi) is 8.42. The molecule has 0 aliphatic heterocycles. The molecule has 1 atom stereocenters. The second kappa shape index (κ2) is 9.78. The Bertz CT molecular complexity index is 507. The van der Waals surface area contributed by atoms with Crippen molar-refractivity contribution in [3.8, 4) is 5.75 Å². The maximum absolute atomic E-state index is 12.6. The summed E-state index contributed by atoms with van der Waals surface area (Å²) < 4.78 is 11.3. The topological polar surface area (TPSA) is 47.6 Å². The van der Waals surface area contributed by atoms with Crippen LogP contribution >= 0.6 is 11.6 Å². The van der Waals surface area contributed by atoms with Crippen LogP contribution in [0.25, 0.3) is 0 Å². The van der Waals surface area contributed by atoms with E-state index in [2.05, 4.69) is 5.32 Å². The molecule has 0 aromatic heterocycles. The molecule has 0 aliphatic carbocycles. The van der Waals surface area contributed by atoms with Crippen LogP contribution in [0, 0.1) is 0 Å². The summed E-state index contributed by atoms with van der Waals surface area (Å²) in [6.45, 7) is 9.12. The van der Waals surface area contributed by atoms with Gasteiger partial charge in [0.05, 0.1) is 11.6 Å². The van der Waals surface area contributed by atoms with Crippen LogP contribution in [-0.2, 0) is 9.53 Å². The molecule has 0 saturated heterocycles. The SMILES string of the molecule is CCCOc1ccc(NC(=O)[C@](C)(CCC)OCCC)cc1Cl. The van der Waals surface area contributed by atoms with Crippen LogP contribution in [0.5, 0.6) is 5.75 Å². The average Bonchev–Trinajstić information content (AvgIpc) is 2.52. The summed E-state index contributed by atoms with van der Waals surface area (Å²) in [6, 6.07) is 5.27. The van der Waals surface area contributed by atoms with Crippen LogP contribution in [0.3, 0.4) is 0 Å². The Morgan fingerprint density at radius 2 is 1.87 bits per heavy atom. The lowest BCUT2D eigenvalue weighted by Gasteiger charge is -2.28. The second-order valence-corrected chi connectivity index (χ2v) is 6.18. The van der Waals surface area contributed by atoms with Gasteiger partial charge in [-0.2, -0.15) is 0 Å². The van der Waals surface area contributed by atoms with Gasteiger partial charge in [-0.15, -0.1) is 0 Å². The van der Waals surface area contributed by atoms with E-state index in [1.807, 2.05) is 27.7 Å². The first-order valence-corrected chi connectivity index (χ1v) is 8.72. The summed E-state index contributed by atoms with van der Waals surface area (Å²) in [7, 11) is 0. The lowest BCUT2D eigenvalue weighted by molar-refractivity contribution is -0.140. The van der Waals surface area contributed by atoms with E-state index in [4.69, 9.17) is 21.1 Å². The standard InChI is InChI=1S/C18H28ClNO3/c1-5-10-18(4,23-12-7-3)17(21)20-14-8-9-16(15(19)13-14)22-11-6-2/h8-9,13H,5-7,10-12H2,1-4H3,(H,20,21)/t18-/m0/s1. The van der Waals surface area contributed by atoms with E-state index in [1.165, 1.54) is 0 Å². The summed E-state index contributed by atoms with van der Waals surface area (Å²) in [5.74, 6) is 0.483. The van der Waals surface area contributed by atoms with Gasteiger partial charge < -0.3 is 14.8 Å². The van der Waals surface area contributed by atoms with Crippen molar-refractivity contribution >= 4 is 23.2 Å². The molecule has 1 rings (SSSR count). The van der Waals surface area contributed by atoms with E-state index in [9.17, 15) is 4.79 Å². The Morgan fingerprint density at radius 3 is 2.43 bits per heavy atom. The second-order valence-electron chi connectivity index (χ2n) is 5.78. The lowest BCUT2D eigenvalue weighted by Crippen LogP contribution is -2.43. The number of rotatable bonds is 10. The minimum atomic E-state index is -0.825. The molecule has 1 N–H and O–H groups in total. The fourth-order valence-electron chi connectivity index (χ4n) is 2.23. The summed E-state index contributed by atoms with van der Waals surface area (Å²) >= 11 is 6.20. The van der Waals surface area contributed by atoms with Crippen molar-refractivity contribution in [2.45, 2.75) is 59.0 Å². The number of carbonyl (C=O) groups excluding carboxylic acids is 1. The van der Waals surface area contributed by atoms with Gasteiger partial charge >= 0.3 is 0 Å². The molecule has 1 aromatic carbocycles. The number of benzene rings is 1. The molecule has 0 fully saturated rings. The van der Waals surface area contributed by atoms with Crippen LogP contribution in [0.1, 0.15) is 53.4 Å². The number of anilines is 1. The summed E-state index contributed by atoms with van der Waals surface area (Å²) in [5.41, 5.74) is -0.180. The van der Waals surface area contributed by atoms with E-state index in [-0.39, 0.29) is 5.91 Å². The first kappa shape index (κ1) is 19.8. The Morgan fingerprint density at radius 1 is 1.17 bits per heavy atom. The van der Waals surface area contributed by atoms with Gasteiger partial charge in [-0.1, -0.05) is 38.8 Å². The van der Waals surface area contributed by atoms with E-state index in [0.29, 0.717) is 36.1 Å². The molecule has 0 radical (unpaired) electrons. The van der Waals surface area contributed by atoms with Gasteiger partial charge in [-0.05, 0) is 44.4 Å². The van der Waals surface area contributed by atoms with Crippen molar-refractivity contribution in [2.75, 3.05) is 18.5 Å². The highest BCUT2D eigenvalue weighted by Gasteiger charge is 2.33. The fourth-order valence-corrected chi connectivity index (χ4v) is 2.46. The fraction of sp³-hybridized carbons (Fsp3) is 0.611. The number of halogens is 1. The molecule has 0 spiro atoms. The van der Waals surface area contributed by atoms with E-state index in [0.717, 1.165) is 19.3 Å². The lowest BCUT2D eigenvalue weighted by atomic mass is 9.99. The van der Waals surface area contributed by atoms with E-state index < -0.39 is 5.60 Å². The number of hydrogen-bond acceptors (Lipinski definition) is 3. The quantitative estimate of drug-likeness (QED) is 0.647. The minimum Gasteiger partial charge on any atom is -0.492 e. The molecule has 5 heteroatoms. The van der Waals surface area contributed by atoms with Crippen LogP contribution < -0.4 is 10.1 Å². The zero-order valence-corrected chi connectivity index (χ0v) is 15.3. The third-order valence-electron chi connectivity index (χ3n) is 3.48. The molecule has 0 aliphatic rings. The van der Waals surface area contributed by atoms with Gasteiger partial charge in [0.15, 0.2) is 0 Å². The number of hydrogen-bond donors (Lipinski definition) is 1. The predicted molar refractivity (Wildman–Crippen MR) is 95.4 cm³/mol. The predicted octanol–water partition coefficient (Wildman–Crippen LogP) is 5.05. The van der Waals surface area contributed by atoms with Crippen LogP contribution in [0.15, 0.2) is 18.2 Å². The zero-order chi connectivity index (χ0) is 17.3. The van der Waals surface area contributed by atoms with Crippen LogP contribution in [0.4, 0.5) is 5.69 Å². The van der Waals surface area contributed by atoms with Crippen molar-refractivity contribution < 1.29 is 14.3 Å². The summed E-state index contributed by atoms with van der Waals surface area (Å²) in [5, 5.41) is 3.39. The smallest absolute Gasteiger partial charge is 0.256 e. The molecule has 23 heavy (non-hydrogen) atoms.